The highest BCUT2D eigenvalue weighted by Gasteiger charge is 2.10. The van der Waals surface area contributed by atoms with Crippen molar-refractivity contribution in [1.29, 1.82) is 0 Å². The minimum absolute atomic E-state index is 0.767. The van der Waals surface area contributed by atoms with Crippen LogP contribution < -0.4 is 11.5 Å². The molecular weight excluding hydrogens is 194 g/mol. The fourth-order valence-electron chi connectivity index (χ4n) is 1.67. The number of aryl methyl sites for hydroxylation is 1. The number of rotatable bonds is 2. The summed E-state index contributed by atoms with van der Waals surface area (Å²) in [6, 6.07) is 0. The van der Waals surface area contributed by atoms with Gasteiger partial charge in [-0.3, -0.25) is 4.98 Å². The molecule has 0 unspecified atom stereocenters. The summed E-state index contributed by atoms with van der Waals surface area (Å²) in [5.74, 6) is 0. The Balaban J connectivity index is 2.72. The van der Waals surface area contributed by atoms with E-state index in [1.807, 2.05) is 6.20 Å². The number of nitrogen functional groups attached to an aromatic ring is 2. The van der Waals surface area contributed by atoms with E-state index in [0.29, 0.717) is 0 Å². The lowest BCUT2D eigenvalue weighted by atomic mass is 10.1. The Hall–Kier alpha value is -1.29. The smallest absolute Gasteiger partial charge is 0.0973 e. The van der Waals surface area contributed by atoms with Gasteiger partial charge in [0, 0.05) is 23.2 Å². The van der Waals surface area contributed by atoms with Gasteiger partial charge >= 0.3 is 0 Å². The maximum atomic E-state index is 5.92. The van der Waals surface area contributed by atoms with Crippen LogP contribution in [0.25, 0.3) is 10.8 Å². The maximum absolute atomic E-state index is 5.92. The van der Waals surface area contributed by atoms with Crippen molar-refractivity contribution < 1.29 is 0 Å². The fraction of sp³-hybridized carbons (Fsp3) is 0.300. The van der Waals surface area contributed by atoms with E-state index in [1.54, 1.807) is 6.20 Å². The van der Waals surface area contributed by atoms with Crippen LogP contribution >= 0.6 is 11.3 Å². The summed E-state index contributed by atoms with van der Waals surface area (Å²) in [7, 11) is 0. The van der Waals surface area contributed by atoms with Gasteiger partial charge in [0.25, 0.3) is 0 Å². The van der Waals surface area contributed by atoms with E-state index < -0.39 is 0 Å². The van der Waals surface area contributed by atoms with Gasteiger partial charge in [-0.2, -0.15) is 0 Å². The van der Waals surface area contributed by atoms with Gasteiger partial charge in [0.05, 0.1) is 10.0 Å². The molecule has 0 radical (unpaired) electrons. The Morgan fingerprint density at radius 2 is 2.07 bits per heavy atom. The van der Waals surface area contributed by atoms with Gasteiger partial charge in [-0.25, -0.2) is 0 Å². The van der Waals surface area contributed by atoms with Crippen molar-refractivity contribution in [2.45, 2.75) is 19.8 Å². The summed E-state index contributed by atoms with van der Waals surface area (Å²) in [5, 5.41) is 3.68. The summed E-state index contributed by atoms with van der Waals surface area (Å²) in [5.41, 5.74) is 13.0. The van der Waals surface area contributed by atoms with Crippen LogP contribution in [0.5, 0.6) is 0 Å². The van der Waals surface area contributed by atoms with Crippen molar-refractivity contribution in [2.24, 2.45) is 0 Å². The molecule has 4 N–H and O–H groups in total. The number of anilines is 2. The Morgan fingerprint density at radius 3 is 2.79 bits per heavy atom. The molecule has 4 heteroatoms. The SMILES string of the molecule is CCCc1cncc2c(N)sc(N)c12. The number of thiophene rings is 1. The molecule has 0 aromatic carbocycles. The molecular formula is C10H13N3S. The highest BCUT2D eigenvalue weighted by molar-refractivity contribution is 7.21. The summed E-state index contributed by atoms with van der Waals surface area (Å²) < 4.78 is 0. The van der Waals surface area contributed by atoms with E-state index in [9.17, 15) is 0 Å². The van der Waals surface area contributed by atoms with Crippen LogP contribution in [0.1, 0.15) is 18.9 Å². The number of nitrogens with zero attached hydrogens (tertiary/aromatic N) is 1. The number of nitrogens with two attached hydrogens (primary N) is 2. The summed E-state index contributed by atoms with van der Waals surface area (Å²) in [6.07, 6.45) is 5.77. The molecule has 2 heterocycles. The molecule has 0 saturated heterocycles. The Kier molecular flexibility index (Phi) is 2.29. The van der Waals surface area contributed by atoms with E-state index in [2.05, 4.69) is 11.9 Å². The van der Waals surface area contributed by atoms with Crippen LogP contribution in [0.3, 0.4) is 0 Å². The first-order valence-corrected chi connectivity index (χ1v) is 5.46. The third-order valence-electron chi connectivity index (χ3n) is 2.28. The van der Waals surface area contributed by atoms with Gasteiger partial charge in [-0.05, 0) is 12.0 Å². The molecule has 0 aliphatic carbocycles. The van der Waals surface area contributed by atoms with E-state index >= 15 is 0 Å². The fourth-order valence-corrected chi connectivity index (χ4v) is 2.51. The minimum Gasteiger partial charge on any atom is -0.390 e. The lowest BCUT2D eigenvalue weighted by Gasteiger charge is -2.01. The molecule has 3 nitrogen and oxygen atoms in total. The number of hydrogen-bond donors (Lipinski definition) is 2. The Morgan fingerprint density at radius 1 is 1.29 bits per heavy atom. The second-order valence-corrected chi connectivity index (χ2v) is 4.39. The van der Waals surface area contributed by atoms with Gasteiger partial charge in [-0.15, -0.1) is 11.3 Å². The summed E-state index contributed by atoms with van der Waals surface area (Å²) in [4.78, 5) is 4.18. The first kappa shape index (κ1) is 9.27. The molecule has 2 aromatic rings. The summed E-state index contributed by atoms with van der Waals surface area (Å²) >= 11 is 1.44. The molecule has 0 saturated carbocycles. The monoisotopic (exact) mass is 207 g/mol. The first-order chi connectivity index (χ1) is 6.74. The van der Waals surface area contributed by atoms with E-state index in [1.165, 1.54) is 16.9 Å². The van der Waals surface area contributed by atoms with E-state index in [0.717, 1.165) is 33.6 Å². The normalized spacial score (nSPS) is 10.9. The van der Waals surface area contributed by atoms with E-state index in [-0.39, 0.29) is 0 Å². The molecule has 0 aliphatic rings. The van der Waals surface area contributed by atoms with Crippen molar-refractivity contribution >= 4 is 32.1 Å². The average Bonchev–Trinajstić information content (AvgIpc) is 2.44. The predicted octanol–water partition coefficient (Wildman–Crippen LogP) is 2.41. The average molecular weight is 207 g/mol. The zero-order valence-electron chi connectivity index (χ0n) is 8.08. The topological polar surface area (TPSA) is 64.9 Å². The highest BCUT2D eigenvalue weighted by Crippen LogP contribution is 2.37. The van der Waals surface area contributed by atoms with Gasteiger partial charge in [0.1, 0.15) is 0 Å². The Bertz CT molecular complexity index is 462. The molecule has 2 aromatic heterocycles. The van der Waals surface area contributed by atoms with Gasteiger partial charge < -0.3 is 11.5 Å². The molecule has 14 heavy (non-hydrogen) atoms. The van der Waals surface area contributed by atoms with Crippen LogP contribution in [0.2, 0.25) is 0 Å². The largest absolute Gasteiger partial charge is 0.390 e. The van der Waals surface area contributed by atoms with Crippen molar-refractivity contribution in [3.63, 3.8) is 0 Å². The lowest BCUT2D eigenvalue weighted by Crippen LogP contribution is -1.89. The number of pyridine rings is 1. The van der Waals surface area contributed by atoms with Gasteiger partial charge in [-0.1, -0.05) is 13.3 Å². The quantitative estimate of drug-likeness (QED) is 0.794. The van der Waals surface area contributed by atoms with E-state index in [4.69, 9.17) is 11.5 Å². The second kappa shape index (κ2) is 3.46. The molecule has 0 bridgehead atoms. The van der Waals surface area contributed by atoms with Gasteiger partial charge in [0.15, 0.2) is 0 Å². The molecule has 0 spiro atoms. The maximum Gasteiger partial charge on any atom is 0.0973 e. The van der Waals surface area contributed by atoms with Crippen molar-refractivity contribution in [3.05, 3.63) is 18.0 Å². The first-order valence-electron chi connectivity index (χ1n) is 4.64. The van der Waals surface area contributed by atoms with Crippen LogP contribution in [-0.2, 0) is 6.42 Å². The predicted molar refractivity (Wildman–Crippen MR) is 62.4 cm³/mol. The van der Waals surface area contributed by atoms with Crippen LogP contribution in [0.15, 0.2) is 12.4 Å². The molecule has 0 amide bonds. The molecule has 74 valence electrons. The molecule has 0 atom stereocenters. The minimum atomic E-state index is 0.767. The standard InChI is InChI=1S/C10H13N3S/c1-2-3-6-4-13-5-7-8(6)10(12)14-9(7)11/h4-5H,2-3,11-12H2,1H3. The molecule has 2 rings (SSSR count). The van der Waals surface area contributed by atoms with Crippen molar-refractivity contribution in [1.82, 2.24) is 4.98 Å². The lowest BCUT2D eigenvalue weighted by molar-refractivity contribution is 0.923. The third kappa shape index (κ3) is 1.32. The van der Waals surface area contributed by atoms with Crippen LogP contribution in [-0.4, -0.2) is 4.98 Å². The van der Waals surface area contributed by atoms with Gasteiger partial charge in [0.2, 0.25) is 0 Å². The zero-order chi connectivity index (χ0) is 10.1. The second-order valence-electron chi connectivity index (χ2n) is 3.30. The Labute approximate surface area is 86.7 Å². The number of aromatic nitrogens is 1. The zero-order valence-corrected chi connectivity index (χ0v) is 8.90. The molecule has 0 fully saturated rings. The van der Waals surface area contributed by atoms with Crippen molar-refractivity contribution in [3.8, 4) is 0 Å². The number of fused-ring (bicyclic) bond motifs is 1. The molecule has 0 aliphatic heterocycles. The van der Waals surface area contributed by atoms with Crippen LogP contribution in [0.4, 0.5) is 10.0 Å². The van der Waals surface area contributed by atoms with Crippen LogP contribution in [0, 0.1) is 0 Å². The highest BCUT2D eigenvalue weighted by atomic mass is 32.1. The number of hydrogen-bond acceptors (Lipinski definition) is 4. The van der Waals surface area contributed by atoms with Crippen molar-refractivity contribution in [2.75, 3.05) is 11.5 Å². The summed E-state index contributed by atoms with van der Waals surface area (Å²) in [6.45, 7) is 2.14. The third-order valence-corrected chi connectivity index (χ3v) is 3.14.